The summed E-state index contributed by atoms with van der Waals surface area (Å²) in [5, 5.41) is 0. The zero-order valence-electron chi connectivity index (χ0n) is 14.7. The smallest absolute Gasteiger partial charge is 0.224 e. The van der Waals surface area contributed by atoms with Gasteiger partial charge in [-0.2, -0.15) is 0 Å². The topological polar surface area (TPSA) is 46.3 Å². The van der Waals surface area contributed by atoms with Crippen molar-refractivity contribution in [3.8, 4) is 0 Å². The Morgan fingerprint density at radius 1 is 1.12 bits per heavy atom. The monoisotopic (exact) mass is 358 g/mol. The lowest BCUT2D eigenvalue weighted by atomic mass is 9.93. The first-order chi connectivity index (χ1) is 11.6. The highest BCUT2D eigenvalue weighted by Gasteiger charge is 2.28. The van der Waals surface area contributed by atoms with Crippen molar-refractivity contribution in [1.29, 1.82) is 0 Å². The lowest BCUT2D eigenvalue weighted by Gasteiger charge is -2.37. The molecule has 0 radical (unpaired) electrons. The van der Waals surface area contributed by atoms with E-state index in [-0.39, 0.29) is 30.4 Å². The van der Waals surface area contributed by atoms with Crippen LogP contribution in [0.3, 0.4) is 0 Å². The van der Waals surface area contributed by atoms with E-state index < -0.39 is 0 Å². The lowest BCUT2D eigenvalue weighted by Crippen LogP contribution is -2.39. The third-order valence-electron chi connectivity index (χ3n) is 4.91. The summed E-state index contributed by atoms with van der Waals surface area (Å²) in [6.45, 7) is 2.92. The van der Waals surface area contributed by atoms with Crippen LogP contribution >= 0.6 is 12.4 Å². The van der Waals surface area contributed by atoms with Crippen molar-refractivity contribution in [2.75, 3.05) is 6.54 Å². The number of amides is 1. The van der Waals surface area contributed by atoms with Crippen molar-refractivity contribution in [3.05, 3.63) is 71.3 Å². The van der Waals surface area contributed by atoms with Crippen molar-refractivity contribution in [2.45, 2.75) is 44.7 Å². The number of nitrogens with zero attached hydrogens (tertiary/aromatic N) is 1. The maximum Gasteiger partial charge on any atom is 0.224 e. The zero-order chi connectivity index (χ0) is 16.9. The number of hydrogen-bond acceptors (Lipinski definition) is 2. The molecule has 2 N–H and O–H groups in total. The Morgan fingerprint density at radius 2 is 1.80 bits per heavy atom. The second-order valence-corrected chi connectivity index (χ2v) is 6.73. The van der Waals surface area contributed by atoms with Gasteiger partial charge < -0.3 is 10.6 Å². The molecule has 2 aromatic rings. The SMILES string of the molecule is Cc1ccc(C2CCCCN2C(=O)CC(N)c2ccccc2)cc1.Cl. The number of aryl methyl sites for hydroxylation is 1. The Kier molecular flexibility index (Phi) is 7.03. The third-order valence-corrected chi connectivity index (χ3v) is 4.91. The second kappa shape index (κ2) is 9.02. The first-order valence-corrected chi connectivity index (χ1v) is 8.81. The Balaban J connectivity index is 0.00000225. The van der Waals surface area contributed by atoms with E-state index in [9.17, 15) is 4.79 Å². The molecule has 3 nitrogen and oxygen atoms in total. The van der Waals surface area contributed by atoms with Gasteiger partial charge in [-0.25, -0.2) is 0 Å². The fourth-order valence-corrected chi connectivity index (χ4v) is 3.49. The summed E-state index contributed by atoms with van der Waals surface area (Å²) < 4.78 is 0. The summed E-state index contributed by atoms with van der Waals surface area (Å²) in [6.07, 6.45) is 3.66. The fraction of sp³-hybridized carbons (Fsp3) is 0.381. The molecule has 1 fully saturated rings. The number of benzene rings is 2. The molecule has 1 heterocycles. The van der Waals surface area contributed by atoms with Gasteiger partial charge in [0.25, 0.3) is 0 Å². The van der Waals surface area contributed by atoms with Crippen LogP contribution in [0, 0.1) is 6.92 Å². The van der Waals surface area contributed by atoms with Gasteiger partial charge in [-0.3, -0.25) is 4.79 Å². The summed E-state index contributed by atoms with van der Waals surface area (Å²) in [6, 6.07) is 18.4. The minimum atomic E-state index is -0.237. The summed E-state index contributed by atoms with van der Waals surface area (Å²) in [5.74, 6) is 0.164. The molecule has 0 spiro atoms. The van der Waals surface area contributed by atoms with Crippen LogP contribution < -0.4 is 5.73 Å². The second-order valence-electron chi connectivity index (χ2n) is 6.73. The van der Waals surface area contributed by atoms with Gasteiger partial charge in [0.05, 0.1) is 6.04 Å². The molecule has 0 bridgehead atoms. The molecular weight excluding hydrogens is 332 g/mol. The molecule has 1 aliphatic rings. The lowest BCUT2D eigenvalue weighted by molar-refractivity contribution is -0.135. The van der Waals surface area contributed by atoms with Crippen LogP contribution in [-0.4, -0.2) is 17.4 Å². The highest BCUT2D eigenvalue weighted by Crippen LogP contribution is 2.32. The summed E-state index contributed by atoms with van der Waals surface area (Å²) >= 11 is 0. The molecule has 1 saturated heterocycles. The van der Waals surface area contributed by atoms with Crippen LogP contribution in [0.5, 0.6) is 0 Å². The number of piperidine rings is 1. The van der Waals surface area contributed by atoms with E-state index in [1.165, 1.54) is 17.5 Å². The number of halogens is 1. The van der Waals surface area contributed by atoms with Crippen molar-refractivity contribution >= 4 is 18.3 Å². The van der Waals surface area contributed by atoms with Crippen LogP contribution in [0.25, 0.3) is 0 Å². The third kappa shape index (κ3) is 4.83. The maximum absolute atomic E-state index is 12.9. The van der Waals surface area contributed by atoms with E-state index in [1.54, 1.807) is 0 Å². The first-order valence-electron chi connectivity index (χ1n) is 8.81. The molecule has 0 saturated carbocycles. The Morgan fingerprint density at radius 3 is 2.48 bits per heavy atom. The van der Waals surface area contributed by atoms with Crippen LogP contribution in [0.4, 0.5) is 0 Å². The van der Waals surface area contributed by atoms with Crippen LogP contribution in [0.1, 0.15) is 54.5 Å². The number of rotatable bonds is 4. The number of nitrogens with two attached hydrogens (primary N) is 1. The van der Waals surface area contributed by atoms with Gasteiger partial charge >= 0.3 is 0 Å². The largest absolute Gasteiger partial charge is 0.336 e. The van der Waals surface area contributed by atoms with Gasteiger partial charge in [0.15, 0.2) is 0 Å². The van der Waals surface area contributed by atoms with E-state index in [0.29, 0.717) is 6.42 Å². The molecule has 1 aliphatic heterocycles. The normalized spacial score (nSPS) is 18.3. The van der Waals surface area contributed by atoms with Gasteiger partial charge in [0.1, 0.15) is 0 Å². The van der Waals surface area contributed by atoms with Gasteiger partial charge in [-0.1, -0.05) is 60.2 Å². The van der Waals surface area contributed by atoms with Gasteiger partial charge in [0.2, 0.25) is 5.91 Å². The first kappa shape index (κ1) is 19.5. The van der Waals surface area contributed by atoms with E-state index in [1.807, 2.05) is 35.2 Å². The maximum atomic E-state index is 12.9. The summed E-state index contributed by atoms with van der Waals surface area (Å²) in [4.78, 5) is 14.9. The number of carbonyl (C=O) groups is 1. The van der Waals surface area contributed by atoms with Crippen molar-refractivity contribution < 1.29 is 4.79 Å². The molecule has 0 aliphatic carbocycles. The van der Waals surface area contributed by atoms with E-state index in [4.69, 9.17) is 5.73 Å². The van der Waals surface area contributed by atoms with Crippen LogP contribution in [0.2, 0.25) is 0 Å². The van der Waals surface area contributed by atoms with Crippen molar-refractivity contribution in [1.82, 2.24) is 4.90 Å². The molecule has 2 unspecified atom stereocenters. The Hall–Kier alpha value is -1.84. The molecule has 1 amide bonds. The molecule has 4 heteroatoms. The molecule has 3 rings (SSSR count). The van der Waals surface area contributed by atoms with Crippen molar-refractivity contribution in [3.63, 3.8) is 0 Å². The van der Waals surface area contributed by atoms with E-state index in [2.05, 4.69) is 31.2 Å². The molecule has 25 heavy (non-hydrogen) atoms. The van der Waals surface area contributed by atoms with Crippen molar-refractivity contribution in [2.24, 2.45) is 5.73 Å². The predicted molar refractivity (Wildman–Crippen MR) is 105 cm³/mol. The number of carbonyl (C=O) groups excluding carboxylic acids is 1. The van der Waals surface area contributed by atoms with Crippen LogP contribution in [0.15, 0.2) is 54.6 Å². The molecule has 0 aromatic heterocycles. The van der Waals surface area contributed by atoms with Crippen LogP contribution in [-0.2, 0) is 4.79 Å². The van der Waals surface area contributed by atoms with E-state index in [0.717, 1.165) is 24.9 Å². The average Bonchev–Trinajstić information content (AvgIpc) is 2.63. The standard InChI is InChI=1S/C21H26N2O.ClH/c1-16-10-12-18(13-11-16)20-9-5-6-14-23(20)21(24)15-19(22)17-7-3-2-4-8-17;/h2-4,7-8,10-13,19-20H,5-6,9,14-15,22H2,1H3;1H. The molecular formula is C21H27ClN2O. The number of hydrogen-bond donors (Lipinski definition) is 1. The quantitative estimate of drug-likeness (QED) is 0.870. The minimum Gasteiger partial charge on any atom is -0.336 e. The molecule has 134 valence electrons. The average molecular weight is 359 g/mol. The fourth-order valence-electron chi connectivity index (χ4n) is 3.49. The van der Waals surface area contributed by atoms with E-state index >= 15 is 0 Å². The minimum absolute atomic E-state index is 0. The highest BCUT2D eigenvalue weighted by atomic mass is 35.5. The molecule has 2 atom stereocenters. The Bertz CT molecular complexity index is 672. The zero-order valence-corrected chi connectivity index (χ0v) is 15.5. The van der Waals surface area contributed by atoms with Gasteiger partial charge in [0, 0.05) is 19.0 Å². The highest BCUT2D eigenvalue weighted by molar-refractivity contribution is 5.85. The molecule has 2 aromatic carbocycles. The number of likely N-dealkylation sites (tertiary alicyclic amines) is 1. The summed E-state index contributed by atoms with van der Waals surface area (Å²) in [7, 11) is 0. The Labute approximate surface area is 156 Å². The van der Waals surface area contributed by atoms with Gasteiger partial charge in [-0.15, -0.1) is 12.4 Å². The van der Waals surface area contributed by atoms with Gasteiger partial charge in [-0.05, 0) is 37.3 Å². The predicted octanol–water partition coefficient (Wildman–Crippen LogP) is 4.56. The summed E-state index contributed by atoms with van der Waals surface area (Å²) in [5.41, 5.74) is 9.77.